The van der Waals surface area contributed by atoms with Crippen molar-refractivity contribution in [2.75, 3.05) is 13.1 Å². The van der Waals surface area contributed by atoms with E-state index in [0.717, 1.165) is 23.6 Å². The van der Waals surface area contributed by atoms with Gasteiger partial charge in [0.25, 0.3) is 0 Å². The molecule has 1 aliphatic heterocycles. The Balaban J connectivity index is 1.81. The van der Waals surface area contributed by atoms with Gasteiger partial charge in [0.1, 0.15) is 10.7 Å². The van der Waals surface area contributed by atoms with E-state index in [4.69, 9.17) is 11.6 Å². The number of pyridine rings is 1. The van der Waals surface area contributed by atoms with Crippen LogP contribution >= 0.6 is 11.6 Å². The van der Waals surface area contributed by atoms with Crippen molar-refractivity contribution in [3.05, 3.63) is 63.4 Å². The third kappa shape index (κ3) is 3.15. The van der Waals surface area contributed by atoms with Crippen molar-refractivity contribution in [2.24, 2.45) is 0 Å². The van der Waals surface area contributed by atoms with Gasteiger partial charge < -0.3 is 0 Å². The largest absolute Gasteiger partial charge is 0.350 e. The number of hydrogen-bond donors (Lipinski definition) is 0. The molecular weight excluding hydrogens is 395 g/mol. The van der Waals surface area contributed by atoms with Crippen molar-refractivity contribution >= 4 is 27.3 Å². The number of aromatic nitrogens is 3. The summed E-state index contributed by atoms with van der Waals surface area (Å²) in [5.41, 5.74) is 0.0732. The van der Waals surface area contributed by atoms with Gasteiger partial charge in [-0.1, -0.05) is 17.7 Å². The molecule has 0 radical (unpaired) electrons. The molecule has 0 unspecified atom stereocenters. The summed E-state index contributed by atoms with van der Waals surface area (Å²) in [7, 11) is -3.73. The third-order valence-corrected chi connectivity index (χ3v) is 6.86. The van der Waals surface area contributed by atoms with Crippen molar-refractivity contribution in [1.29, 1.82) is 0 Å². The van der Waals surface area contributed by atoms with Crippen LogP contribution < -0.4 is 5.69 Å². The standard InChI is InChI=1S/C17H16ClFN4O3S/c18-14-10-13(19)6-5-12(14)11-23-17(24)22-9-3-4-15(16(22)20-23)27(25,26)21-7-1-2-8-21/h3-6,9-10H,1-2,7-8,11H2. The van der Waals surface area contributed by atoms with Gasteiger partial charge in [0, 0.05) is 24.3 Å². The van der Waals surface area contributed by atoms with E-state index >= 15 is 0 Å². The van der Waals surface area contributed by atoms with E-state index < -0.39 is 21.5 Å². The Morgan fingerprint density at radius 2 is 1.93 bits per heavy atom. The fourth-order valence-corrected chi connectivity index (χ4v) is 5.06. The molecule has 0 atom stereocenters. The summed E-state index contributed by atoms with van der Waals surface area (Å²) in [4.78, 5) is 12.6. The fourth-order valence-electron chi connectivity index (χ4n) is 3.20. The predicted molar refractivity (Wildman–Crippen MR) is 98.0 cm³/mol. The number of fused-ring (bicyclic) bond motifs is 1. The lowest BCUT2D eigenvalue weighted by molar-refractivity contribution is 0.477. The molecule has 1 fully saturated rings. The van der Waals surface area contributed by atoms with E-state index in [2.05, 4.69) is 5.10 Å². The normalized spacial score (nSPS) is 15.6. The summed E-state index contributed by atoms with van der Waals surface area (Å²) in [5, 5.41) is 4.39. The van der Waals surface area contributed by atoms with Crippen LogP contribution in [0.25, 0.3) is 5.65 Å². The summed E-state index contributed by atoms with van der Waals surface area (Å²) in [5.74, 6) is -0.481. The molecule has 3 aromatic rings. The molecule has 3 heterocycles. The molecule has 0 amide bonds. The third-order valence-electron chi connectivity index (χ3n) is 4.59. The maximum Gasteiger partial charge on any atom is 0.350 e. The monoisotopic (exact) mass is 410 g/mol. The first-order valence-electron chi connectivity index (χ1n) is 8.40. The fraction of sp³-hybridized carbons (Fsp3) is 0.294. The summed E-state index contributed by atoms with van der Waals surface area (Å²) in [6, 6.07) is 6.82. The van der Waals surface area contributed by atoms with Crippen LogP contribution in [0, 0.1) is 5.82 Å². The molecule has 1 saturated heterocycles. The maximum atomic E-state index is 13.2. The second-order valence-electron chi connectivity index (χ2n) is 6.35. The van der Waals surface area contributed by atoms with E-state index in [-0.39, 0.29) is 22.1 Å². The topological polar surface area (TPSA) is 76.7 Å². The van der Waals surface area contributed by atoms with Gasteiger partial charge in [0.2, 0.25) is 10.0 Å². The zero-order chi connectivity index (χ0) is 19.2. The minimum Gasteiger partial charge on any atom is -0.249 e. The van der Waals surface area contributed by atoms with E-state index in [1.807, 2.05) is 0 Å². The zero-order valence-electron chi connectivity index (χ0n) is 14.2. The van der Waals surface area contributed by atoms with Gasteiger partial charge in [-0.15, -0.1) is 5.10 Å². The summed E-state index contributed by atoms with van der Waals surface area (Å²) < 4.78 is 42.8. The average molecular weight is 411 g/mol. The lowest BCUT2D eigenvalue weighted by Crippen LogP contribution is -2.28. The minimum atomic E-state index is -3.73. The Kier molecular flexibility index (Phi) is 4.53. The first-order valence-corrected chi connectivity index (χ1v) is 10.2. The molecule has 2 aromatic heterocycles. The van der Waals surface area contributed by atoms with Crippen LogP contribution in [-0.4, -0.2) is 40.0 Å². The SMILES string of the molecule is O=c1n(Cc2ccc(F)cc2Cl)nc2c(S(=O)(=O)N3CCCC3)cccn12. The Labute approximate surface area is 159 Å². The van der Waals surface area contributed by atoms with Crippen LogP contribution in [0.3, 0.4) is 0 Å². The second-order valence-corrected chi connectivity index (χ2v) is 8.67. The van der Waals surface area contributed by atoms with Crippen LogP contribution in [0.2, 0.25) is 5.02 Å². The molecule has 0 aliphatic carbocycles. The highest BCUT2D eigenvalue weighted by Crippen LogP contribution is 2.23. The second kappa shape index (κ2) is 6.74. The van der Waals surface area contributed by atoms with Gasteiger partial charge in [-0.3, -0.25) is 0 Å². The van der Waals surface area contributed by atoms with Crippen LogP contribution in [0.15, 0.2) is 46.2 Å². The van der Waals surface area contributed by atoms with Crippen molar-refractivity contribution in [1.82, 2.24) is 18.5 Å². The molecule has 0 saturated carbocycles. The predicted octanol–water partition coefficient (Wildman–Crippen LogP) is 2.12. The lowest BCUT2D eigenvalue weighted by Gasteiger charge is -2.15. The number of rotatable bonds is 4. The van der Waals surface area contributed by atoms with Gasteiger partial charge in [-0.05, 0) is 42.7 Å². The van der Waals surface area contributed by atoms with Crippen LogP contribution in [0.1, 0.15) is 18.4 Å². The minimum absolute atomic E-state index is 0.00281. The van der Waals surface area contributed by atoms with Crippen molar-refractivity contribution < 1.29 is 12.8 Å². The quantitative estimate of drug-likeness (QED) is 0.660. The van der Waals surface area contributed by atoms with Crippen molar-refractivity contribution in [3.63, 3.8) is 0 Å². The van der Waals surface area contributed by atoms with E-state index in [1.54, 1.807) is 0 Å². The highest BCUT2D eigenvalue weighted by atomic mass is 35.5. The molecule has 142 valence electrons. The first kappa shape index (κ1) is 18.1. The van der Waals surface area contributed by atoms with Gasteiger partial charge >= 0.3 is 5.69 Å². The Morgan fingerprint density at radius 3 is 2.63 bits per heavy atom. The summed E-state index contributed by atoms with van der Waals surface area (Å²) in [6.45, 7) is 0.919. The molecule has 0 bridgehead atoms. The van der Waals surface area contributed by atoms with E-state index in [0.29, 0.717) is 18.7 Å². The van der Waals surface area contributed by atoms with Gasteiger partial charge in [-0.2, -0.15) is 4.31 Å². The number of halogens is 2. The maximum absolute atomic E-state index is 13.2. The molecule has 0 spiro atoms. The molecule has 4 rings (SSSR count). The lowest BCUT2D eigenvalue weighted by atomic mass is 10.2. The number of benzene rings is 1. The van der Waals surface area contributed by atoms with Gasteiger partial charge in [-0.25, -0.2) is 26.7 Å². The first-order chi connectivity index (χ1) is 12.9. The van der Waals surface area contributed by atoms with Crippen LogP contribution in [0.5, 0.6) is 0 Å². The summed E-state index contributed by atoms with van der Waals surface area (Å²) >= 11 is 6.03. The van der Waals surface area contributed by atoms with Gasteiger partial charge in [0.05, 0.1) is 6.54 Å². The molecule has 1 aliphatic rings. The Bertz CT molecular complexity index is 1180. The van der Waals surface area contributed by atoms with E-state index in [9.17, 15) is 17.6 Å². The van der Waals surface area contributed by atoms with Crippen molar-refractivity contribution in [2.45, 2.75) is 24.3 Å². The van der Waals surface area contributed by atoms with Crippen LogP contribution in [-0.2, 0) is 16.6 Å². The Morgan fingerprint density at radius 1 is 1.19 bits per heavy atom. The molecule has 1 aromatic carbocycles. The molecule has 0 N–H and O–H groups in total. The number of hydrogen-bond acceptors (Lipinski definition) is 4. The molecule has 27 heavy (non-hydrogen) atoms. The van der Waals surface area contributed by atoms with Gasteiger partial charge in [0.15, 0.2) is 5.65 Å². The van der Waals surface area contributed by atoms with Crippen LogP contribution in [0.4, 0.5) is 4.39 Å². The van der Waals surface area contributed by atoms with Crippen molar-refractivity contribution in [3.8, 4) is 0 Å². The number of sulfonamides is 1. The highest BCUT2D eigenvalue weighted by Gasteiger charge is 2.30. The van der Waals surface area contributed by atoms with E-state index in [1.165, 1.54) is 39.2 Å². The highest BCUT2D eigenvalue weighted by molar-refractivity contribution is 7.89. The smallest absolute Gasteiger partial charge is 0.249 e. The molecule has 10 heteroatoms. The number of nitrogens with zero attached hydrogens (tertiary/aromatic N) is 4. The zero-order valence-corrected chi connectivity index (χ0v) is 15.7. The Hall–Kier alpha value is -2.23. The molecule has 7 nitrogen and oxygen atoms in total. The summed E-state index contributed by atoms with van der Waals surface area (Å²) in [6.07, 6.45) is 3.09. The molecular formula is C17H16ClFN4O3S. The average Bonchev–Trinajstić information content (AvgIpc) is 3.27.